The second-order valence-corrected chi connectivity index (χ2v) is 7.75. The van der Waals surface area contributed by atoms with Gasteiger partial charge in [-0.15, -0.1) is 0 Å². The molecule has 2 aliphatic rings. The Kier molecular flexibility index (Phi) is 5.43. The van der Waals surface area contributed by atoms with Gasteiger partial charge in [0, 0.05) is 36.9 Å². The van der Waals surface area contributed by atoms with E-state index in [4.69, 9.17) is 9.73 Å². The number of nitrogens with one attached hydrogen (secondary N) is 1. The minimum atomic E-state index is 0.164. The summed E-state index contributed by atoms with van der Waals surface area (Å²) in [5.41, 5.74) is 6.26. The van der Waals surface area contributed by atoms with Crippen LogP contribution < -0.4 is 10.1 Å². The molecule has 2 aromatic carbocycles. The van der Waals surface area contributed by atoms with Crippen molar-refractivity contribution in [1.29, 1.82) is 0 Å². The van der Waals surface area contributed by atoms with Crippen molar-refractivity contribution in [2.45, 2.75) is 33.2 Å². The van der Waals surface area contributed by atoms with Crippen LogP contribution in [0.4, 0.5) is 0 Å². The number of benzene rings is 2. The van der Waals surface area contributed by atoms with Crippen LogP contribution in [0.15, 0.2) is 76.9 Å². The van der Waals surface area contributed by atoms with Crippen molar-refractivity contribution in [2.75, 3.05) is 19.6 Å². The summed E-state index contributed by atoms with van der Waals surface area (Å²) in [6.07, 6.45) is 0.995. The average molecular weight is 388 g/mol. The molecular weight excluding hydrogens is 358 g/mol. The number of likely N-dealkylation sites (N-methyl/N-ethyl adjacent to an activating group) is 1. The predicted octanol–water partition coefficient (Wildman–Crippen LogP) is 5.39. The number of nitrogens with zero attached hydrogens (tertiary/aromatic N) is 2. The van der Waals surface area contributed by atoms with Gasteiger partial charge in [-0.3, -0.25) is 4.99 Å². The zero-order chi connectivity index (χ0) is 20.4. The van der Waals surface area contributed by atoms with Crippen molar-refractivity contribution in [1.82, 2.24) is 10.2 Å². The fraction of sp³-hybridized carbons (Fsp3) is 0.320. The number of aliphatic imine (C=N–C) groups is 1. The number of hydrogen-bond acceptors (Lipinski definition) is 4. The van der Waals surface area contributed by atoms with E-state index in [9.17, 15) is 0 Å². The third-order valence-corrected chi connectivity index (χ3v) is 5.70. The number of ether oxygens (including phenoxy) is 1. The van der Waals surface area contributed by atoms with Crippen LogP contribution in [0.5, 0.6) is 11.5 Å². The van der Waals surface area contributed by atoms with Crippen LogP contribution in [-0.4, -0.2) is 30.4 Å². The summed E-state index contributed by atoms with van der Waals surface area (Å²) >= 11 is 0. The van der Waals surface area contributed by atoms with Gasteiger partial charge in [0.05, 0.1) is 0 Å². The summed E-state index contributed by atoms with van der Waals surface area (Å²) in [6, 6.07) is 16.6. The maximum absolute atomic E-state index is 5.97. The number of hydrogen-bond donors (Lipinski definition) is 1. The first kappa shape index (κ1) is 19.3. The van der Waals surface area contributed by atoms with E-state index in [1.165, 1.54) is 28.0 Å². The quantitative estimate of drug-likeness (QED) is 0.748. The molecule has 0 aliphatic carbocycles. The molecule has 1 N–H and O–H groups in total. The zero-order valence-electron chi connectivity index (χ0n) is 17.5. The third kappa shape index (κ3) is 4.07. The first-order valence-electron chi connectivity index (χ1n) is 10.4. The van der Waals surface area contributed by atoms with Gasteiger partial charge in [-0.1, -0.05) is 30.8 Å². The molecule has 0 fully saturated rings. The van der Waals surface area contributed by atoms with E-state index in [2.05, 4.69) is 55.8 Å². The van der Waals surface area contributed by atoms with Crippen LogP contribution in [0.25, 0.3) is 0 Å². The summed E-state index contributed by atoms with van der Waals surface area (Å²) < 4.78 is 5.97. The molecule has 2 heterocycles. The number of aryl methyl sites for hydroxylation is 1. The van der Waals surface area contributed by atoms with Gasteiger partial charge >= 0.3 is 0 Å². The first-order valence-corrected chi connectivity index (χ1v) is 10.4. The van der Waals surface area contributed by atoms with Crippen LogP contribution in [0.3, 0.4) is 0 Å². The molecule has 4 nitrogen and oxygen atoms in total. The van der Waals surface area contributed by atoms with E-state index < -0.39 is 0 Å². The molecule has 0 saturated heterocycles. The maximum Gasteiger partial charge on any atom is 0.127 e. The van der Waals surface area contributed by atoms with Gasteiger partial charge in [0.25, 0.3) is 0 Å². The lowest BCUT2D eigenvalue weighted by Gasteiger charge is -2.21. The third-order valence-electron chi connectivity index (χ3n) is 5.70. The maximum atomic E-state index is 5.97. The van der Waals surface area contributed by atoms with Crippen molar-refractivity contribution < 1.29 is 4.74 Å². The first-order chi connectivity index (χ1) is 14.0. The largest absolute Gasteiger partial charge is 0.457 e. The Balaban J connectivity index is 1.44. The number of dihydropyridines is 1. The highest BCUT2D eigenvalue weighted by atomic mass is 16.5. The number of rotatable bonds is 5. The van der Waals surface area contributed by atoms with Gasteiger partial charge in [0.1, 0.15) is 17.3 Å². The van der Waals surface area contributed by atoms with E-state index in [-0.39, 0.29) is 6.04 Å². The Morgan fingerprint density at radius 3 is 2.66 bits per heavy atom. The highest BCUT2D eigenvalue weighted by Crippen LogP contribution is 2.32. The molecule has 0 spiro atoms. The smallest absolute Gasteiger partial charge is 0.127 e. The Morgan fingerprint density at radius 2 is 1.93 bits per heavy atom. The van der Waals surface area contributed by atoms with Crippen LogP contribution >= 0.6 is 0 Å². The van der Waals surface area contributed by atoms with Crippen LogP contribution in [0.1, 0.15) is 37.4 Å². The normalized spacial score (nSPS) is 17.1. The summed E-state index contributed by atoms with van der Waals surface area (Å²) in [7, 11) is 0. The molecule has 4 rings (SSSR count). The van der Waals surface area contributed by atoms with Crippen LogP contribution in [0.2, 0.25) is 0 Å². The summed E-state index contributed by atoms with van der Waals surface area (Å²) in [6.45, 7) is 13.4. The van der Waals surface area contributed by atoms with E-state index in [1.54, 1.807) is 0 Å². The Hall–Kier alpha value is -3.01. The molecule has 0 aromatic heterocycles. The van der Waals surface area contributed by atoms with Gasteiger partial charge in [0.2, 0.25) is 0 Å². The van der Waals surface area contributed by atoms with E-state index in [1.807, 2.05) is 30.3 Å². The highest BCUT2D eigenvalue weighted by Gasteiger charge is 2.29. The van der Waals surface area contributed by atoms with Gasteiger partial charge in [-0.05, 0) is 68.2 Å². The van der Waals surface area contributed by atoms with Crippen molar-refractivity contribution in [3.05, 3.63) is 83.1 Å². The lowest BCUT2D eigenvalue weighted by molar-refractivity contribution is 0.426. The highest BCUT2D eigenvalue weighted by molar-refractivity contribution is 6.01. The van der Waals surface area contributed by atoms with E-state index in [0.717, 1.165) is 43.4 Å². The average Bonchev–Trinajstić information content (AvgIpc) is 3.05. The Morgan fingerprint density at radius 1 is 1.14 bits per heavy atom. The fourth-order valence-corrected chi connectivity index (χ4v) is 4.00. The summed E-state index contributed by atoms with van der Waals surface area (Å²) in [4.78, 5) is 7.11. The van der Waals surface area contributed by atoms with Gasteiger partial charge in [-0.2, -0.15) is 0 Å². The number of allylic oxidation sites excluding steroid dienone is 1. The molecule has 1 atom stereocenters. The minimum absolute atomic E-state index is 0.164. The van der Waals surface area contributed by atoms with Crippen molar-refractivity contribution in [2.24, 2.45) is 4.99 Å². The van der Waals surface area contributed by atoms with Gasteiger partial charge < -0.3 is 15.0 Å². The lowest BCUT2D eigenvalue weighted by atomic mass is 10.0. The van der Waals surface area contributed by atoms with Crippen LogP contribution in [-0.2, 0) is 0 Å². The molecule has 150 valence electrons. The SMILES string of the molecule is C=C1C2=C(CN1CC)C(N[C@@H](C)c1ccc(Oc3cccc(C)c3)cc1)=NCC2. The summed E-state index contributed by atoms with van der Waals surface area (Å²) in [5.74, 6) is 2.73. The molecule has 2 aliphatic heterocycles. The van der Waals surface area contributed by atoms with Crippen molar-refractivity contribution in [3.8, 4) is 11.5 Å². The van der Waals surface area contributed by atoms with Crippen LogP contribution in [0, 0.1) is 6.92 Å². The molecule has 0 saturated carbocycles. The molecular formula is C25H29N3O. The molecule has 29 heavy (non-hydrogen) atoms. The fourth-order valence-electron chi connectivity index (χ4n) is 4.00. The lowest BCUT2D eigenvalue weighted by Crippen LogP contribution is -2.32. The standard InChI is InChI=1S/C25H29N3O/c1-5-28-16-24-23(19(28)4)13-14-26-25(24)27-18(3)20-9-11-21(12-10-20)29-22-8-6-7-17(2)15-22/h6-12,15,18H,4-5,13-14,16H2,1-3H3,(H,26,27)/t18-/m0/s1. The zero-order valence-corrected chi connectivity index (χ0v) is 17.5. The molecule has 0 amide bonds. The van der Waals surface area contributed by atoms with E-state index in [0.29, 0.717) is 0 Å². The molecule has 0 bridgehead atoms. The molecule has 0 unspecified atom stereocenters. The predicted molar refractivity (Wildman–Crippen MR) is 120 cm³/mol. The second kappa shape index (κ2) is 8.16. The Bertz CT molecular complexity index is 972. The second-order valence-electron chi connectivity index (χ2n) is 7.75. The number of amidine groups is 1. The summed E-state index contributed by atoms with van der Waals surface area (Å²) in [5, 5.41) is 3.63. The van der Waals surface area contributed by atoms with Gasteiger partial charge in [0.15, 0.2) is 0 Å². The minimum Gasteiger partial charge on any atom is -0.457 e. The van der Waals surface area contributed by atoms with Gasteiger partial charge in [-0.25, -0.2) is 0 Å². The Labute approximate surface area is 173 Å². The molecule has 0 radical (unpaired) electrons. The topological polar surface area (TPSA) is 36.9 Å². The van der Waals surface area contributed by atoms with Crippen molar-refractivity contribution >= 4 is 5.84 Å². The molecule has 4 heteroatoms. The monoisotopic (exact) mass is 387 g/mol. The molecule has 2 aromatic rings. The van der Waals surface area contributed by atoms with Crippen molar-refractivity contribution in [3.63, 3.8) is 0 Å². The van der Waals surface area contributed by atoms with E-state index >= 15 is 0 Å².